The molecule has 4 rings (SSSR count). The van der Waals surface area contributed by atoms with E-state index in [1.807, 2.05) is 31.3 Å². The minimum atomic E-state index is 0.684. The molecular formula is C19H24ClN7. The number of hydrogen-bond acceptors (Lipinski definition) is 6. The normalized spacial score (nSPS) is 15.4. The van der Waals surface area contributed by atoms with Crippen molar-refractivity contribution in [2.45, 2.75) is 13.3 Å². The third-order valence-corrected chi connectivity index (χ3v) is 5.10. The van der Waals surface area contributed by atoms with Gasteiger partial charge in [0.25, 0.3) is 0 Å². The second-order valence-electron chi connectivity index (χ2n) is 6.84. The van der Waals surface area contributed by atoms with Crippen LogP contribution in [0.25, 0.3) is 11.0 Å². The summed E-state index contributed by atoms with van der Waals surface area (Å²) in [6.07, 6.45) is 2.98. The number of benzene rings is 1. The molecule has 1 aromatic carbocycles. The van der Waals surface area contributed by atoms with Gasteiger partial charge in [0.05, 0.1) is 11.6 Å². The Morgan fingerprint density at radius 2 is 1.96 bits per heavy atom. The van der Waals surface area contributed by atoms with Crippen molar-refractivity contribution in [1.29, 1.82) is 0 Å². The summed E-state index contributed by atoms with van der Waals surface area (Å²) in [6.45, 7) is 7.31. The zero-order valence-electron chi connectivity index (χ0n) is 15.7. The summed E-state index contributed by atoms with van der Waals surface area (Å²) in [5, 5.41) is 9.32. The Bertz CT molecular complexity index is 931. The van der Waals surface area contributed by atoms with Crippen molar-refractivity contribution in [2.24, 2.45) is 7.05 Å². The highest BCUT2D eigenvalue weighted by atomic mass is 35.5. The monoisotopic (exact) mass is 385 g/mol. The molecule has 1 N–H and O–H groups in total. The van der Waals surface area contributed by atoms with Crippen LogP contribution in [-0.2, 0) is 7.05 Å². The Balaban J connectivity index is 1.65. The average molecular weight is 386 g/mol. The maximum absolute atomic E-state index is 6.12. The number of nitrogens with zero attached hydrogens (tertiary/aromatic N) is 6. The molecule has 0 saturated carbocycles. The Hall–Kier alpha value is -2.38. The van der Waals surface area contributed by atoms with E-state index in [-0.39, 0.29) is 0 Å². The molecule has 3 heterocycles. The van der Waals surface area contributed by atoms with Crippen LogP contribution in [0.4, 0.5) is 17.5 Å². The lowest BCUT2D eigenvalue weighted by atomic mass is 10.3. The predicted octanol–water partition coefficient (Wildman–Crippen LogP) is 3.29. The zero-order valence-corrected chi connectivity index (χ0v) is 16.4. The predicted molar refractivity (Wildman–Crippen MR) is 110 cm³/mol. The first-order chi connectivity index (χ1) is 13.1. The number of rotatable bonds is 5. The number of anilines is 3. The molecule has 0 aliphatic carbocycles. The summed E-state index contributed by atoms with van der Waals surface area (Å²) < 4.78 is 1.79. The zero-order chi connectivity index (χ0) is 18.8. The van der Waals surface area contributed by atoms with E-state index in [9.17, 15) is 0 Å². The summed E-state index contributed by atoms with van der Waals surface area (Å²) in [7, 11) is 1.90. The van der Waals surface area contributed by atoms with Gasteiger partial charge in [-0.15, -0.1) is 0 Å². The van der Waals surface area contributed by atoms with Gasteiger partial charge in [0.15, 0.2) is 5.65 Å². The van der Waals surface area contributed by atoms with Crippen LogP contribution in [0, 0.1) is 0 Å². The highest BCUT2D eigenvalue weighted by Crippen LogP contribution is 2.27. The lowest BCUT2D eigenvalue weighted by Crippen LogP contribution is -2.47. The lowest BCUT2D eigenvalue weighted by molar-refractivity contribution is 0.257. The quantitative estimate of drug-likeness (QED) is 0.727. The third-order valence-electron chi connectivity index (χ3n) is 4.86. The standard InChI is InChI=1S/C19H24ClN7/c1-3-7-26-8-10-27(11-9-26)19-23-17(16-13-21-25(2)18(16)24-19)22-15-6-4-5-14(20)12-15/h4-6,12-13H,3,7-11H2,1-2H3,(H,22,23,24). The van der Waals surface area contributed by atoms with E-state index in [4.69, 9.17) is 21.6 Å². The van der Waals surface area contributed by atoms with Gasteiger partial charge in [0.1, 0.15) is 5.82 Å². The lowest BCUT2D eigenvalue weighted by Gasteiger charge is -2.34. The molecule has 27 heavy (non-hydrogen) atoms. The number of aryl methyl sites for hydroxylation is 1. The van der Waals surface area contributed by atoms with Gasteiger partial charge in [0.2, 0.25) is 5.95 Å². The fraction of sp³-hybridized carbons (Fsp3) is 0.421. The van der Waals surface area contributed by atoms with E-state index in [0.29, 0.717) is 5.02 Å². The minimum Gasteiger partial charge on any atom is -0.339 e. The summed E-state index contributed by atoms with van der Waals surface area (Å²) in [6, 6.07) is 7.63. The molecule has 8 heteroatoms. The molecule has 0 atom stereocenters. The summed E-state index contributed by atoms with van der Waals surface area (Å²) in [4.78, 5) is 14.3. The van der Waals surface area contributed by atoms with Crippen molar-refractivity contribution in [3.63, 3.8) is 0 Å². The highest BCUT2D eigenvalue weighted by Gasteiger charge is 2.21. The van der Waals surface area contributed by atoms with Gasteiger partial charge in [-0.1, -0.05) is 24.6 Å². The molecule has 142 valence electrons. The van der Waals surface area contributed by atoms with Gasteiger partial charge < -0.3 is 10.2 Å². The van der Waals surface area contributed by atoms with Gasteiger partial charge in [-0.3, -0.25) is 9.58 Å². The number of hydrogen-bond donors (Lipinski definition) is 1. The average Bonchev–Trinajstić information content (AvgIpc) is 3.04. The molecule has 0 radical (unpaired) electrons. The first-order valence-corrected chi connectivity index (χ1v) is 9.71. The summed E-state index contributed by atoms with van der Waals surface area (Å²) in [5.41, 5.74) is 1.71. The summed E-state index contributed by atoms with van der Waals surface area (Å²) in [5.74, 6) is 1.49. The number of fused-ring (bicyclic) bond motifs is 1. The third kappa shape index (κ3) is 3.84. The van der Waals surface area contributed by atoms with Crippen LogP contribution in [0.1, 0.15) is 13.3 Å². The molecule has 0 bridgehead atoms. The molecule has 0 spiro atoms. The Morgan fingerprint density at radius 3 is 2.70 bits per heavy atom. The Morgan fingerprint density at radius 1 is 1.15 bits per heavy atom. The van der Waals surface area contributed by atoms with E-state index >= 15 is 0 Å². The largest absolute Gasteiger partial charge is 0.339 e. The van der Waals surface area contributed by atoms with E-state index in [1.165, 1.54) is 6.42 Å². The maximum atomic E-state index is 6.12. The molecule has 3 aromatic rings. The molecule has 1 aliphatic rings. The maximum Gasteiger partial charge on any atom is 0.229 e. The first kappa shape index (κ1) is 18.0. The molecular weight excluding hydrogens is 362 g/mol. The van der Waals surface area contributed by atoms with Gasteiger partial charge >= 0.3 is 0 Å². The van der Waals surface area contributed by atoms with Gasteiger partial charge in [-0.05, 0) is 31.2 Å². The van der Waals surface area contributed by atoms with Crippen LogP contribution < -0.4 is 10.2 Å². The van der Waals surface area contributed by atoms with E-state index < -0.39 is 0 Å². The number of halogens is 1. The number of nitrogens with one attached hydrogen (secondary N) is 1. The summed E-state index contributed by atoms with van der Waals surface area (Å²) >= 11 is 6.12. The van der Waals surface area contributed by atoms with Crippen LogP contribution in [-0.4, -0.2) is 57.4 Å². The van der Waals surface area contributed by atoms with E-state index in [2.05, 4.69) is 27.1 Å². The topological polar surface area (TPSA) is 62.1 Å². The van der Waals surface area contributed by atoms with Gasteiger partial charge in [-0.2, -0.15) is 15.1 Å². The van der Waals surface area contributed by atoms with Crippen molar-refractivity contribution in [2.75, 3.05) is 42.9 Å². The van der Waals surface area contributed by atoms with Crippen LogP contribution in [0.3, 0.4) is 0 Å². The van der Waals surface area contributed by atoms with Crippen molar-refractivity contribution in [3.05, 3.63) is 35.5 Å². The molecule has 1 aliphatic heterocycles. The Kier molecular flexibility index (Phi) is 5.13. The van der Waals surface area contributed by atoms with Crippen LogP contribution >= 0.6 is 11.6 Å². The van der Waals surface area contributed by atoms with Crippen molar-refractivity contribution in [3.8, 4) is 0 Å². The minimum absolute atomic E-state index is 0.684. The van der Waals surface area contributed by atoms with Gasteiger partial charge in [0, 0.05) is 43.9 Å². The smallest absolute Gasteiger partial charge is 0.229 e. The number of aromatic nitrogens is 4. The molecule has 1 saturated heterocycles. The van der Waals surface area contributed by atoms with Gasteiger partial charge in [-0.25, -0.2) is 0 Å². The molecule has 0 amide bonds. The molecule has 1 fully saturated rings. The van der Waals surface area contributed by atoms with E-state index in [1.54, 1.807) is 10.9 Å². The van der Waals surface area contributed by atoms with Crippen molar-refractivity contribution >= 4 is 40.1 Å². The molecule has 7 nitrogen and oxygen atoms in total. The van der Waals surface area contributed by atoms with Crippen molar-refractivity contribution in [1.82, 2.24) is 24.6 Å². The fourth-order valence-corrected chi connectivity index (χ4v) is 3.63. The van der Waals surface area contributed by atoms with E-state index in [0.717, 1.165) is 61.2 Å². The Labute approximate surface area is 164 Å². The second-order valence-corrected chi connectivity index (χ2v) is 7.28. The molecule has 0 unspecified atom stereocenters. The van der Waals surface area contributed by atoms with Crippen LogP contribution in [0.5, 0.6) is 0 Å². The first-order valence-electron chi connectivity index (χ1n) is 9.33. The van der Waals surface area contributed by atoms with Crippen LogP contribution in [0.15, 0.2) is 30.5 Å². The SMILES string of the molecule is CCCN1CCN(c2nc(Nc3cccc(Cl)c3)c3cnn(C)c3n2)CC1. The van der Waals surface area contributed by atoms with Crippen molar-refractivity contribution < 1.29 is 0 Å². The fourth-order valence-electron chi connectivity index (χ4n) is 3.44. The second kappa shape index (κ2) is 7.70. The number of piperazine rings is 1. The highest BCUT2D eigenvalue weighted by molar-refractivity contribution is 6.30. The molecule has 2 aromatic heterocycles. The van der Waals surface area contributed by atoms with Crippen LogP contribution in [0.2, 0.25) is 5.02 Å².